The zero-order chi connectivity index (χ0) is 24.6. The van der Waals surface area contributed by atoms with Gasteiger partial charge < -0.3 is 10.6 Å². The van der Waals surface area contributed by atoms with Crippen molar-refractivity contribution in [3.63, 3.8) is 0 Å². The second-order valence-electron chi connectivity index (χ2n) is 7.89. The summed E-state index contributed by atoms with van der Waals surface area (Å²) in [5, 5.41) is 15.2. The lowest BCUT2D eigenvalue weighted by Crippen LogP contribution is -2.11. The Kier molecular flexibility index (Phi) is 5.07. The van der Waals surface area contributed by atoms with Crippen molar-refractivity contribution in [1.82, 2.24) is 34.2 Å². The number of hydrogen-bond acceptors (Lipinski definition) is 7. The first-order chi connectivity index (χ1) is 17.6. The van der Waals surface area contributed by atoms with Gasteiger partial charge in [0, 0.05) is 30.6 Å². The first-order valence-corrected chi connectivity index (χ1v) is 11.0. The third-order valence-corrected chi connectivity index (χ3v) is 5.60. The van der Waals surface area contributed by atoms with Crippen LogP contribution in [-0.4, -0.2) is 47.1 Å². The number of aromatic nitrogens is 7. The maximum Gasteiger partial charge on any atom is 0.256 e. The number of pyridine rings is 1. The van der Waals surface area contributed by atoms with Crippen LogP contribution in [0.3, 0.4) is 0 Å². The Morgan fingerprint density at radius 3 is 2.42 bits per heavy atom. The van der Waals surface area contributed by atoms with E-state index in [-0.39, 0.29) is 11.7 Å². The Labute approximate surface area is 203 Å². The van der Waals surface area contributed by atoms with Crippen LogP contribution in [0.2, 0.25) is 0 Å². The van der Waals surface area contributed by atoms with Crippen LogP contribution in [-0.2, 0) is 0 Å². The number of nitrogens with one attached hydrogen (secondary N) is 2. The Balaban J connectivity index is 1.45. The van der Waals surface area contributed by atoms with Crippen LogP contribution < -0.4 is 10.6 Å². The van der Waals surface area contributed by atoms with E-state index < -0.39 is 0 Å². The molecule has 1 amide bonds. The fourth-order valence-corrected chi connectivity index (χ4v) is 3.87. The molecule has 1 aromatic carbocycles. The molecule has 0 spiro atoms. The molecule has 176 valence electrons. The zero-order valence-corrected chi connectivity index (χ0v) is 18.9. The highest BCUT2D eigenvalue weighted by Gasteiger charge is 2.20. The predicted molar refractivity (Wildman–Crippen MR) is 132 cm³/mol. The van der Waals surface area contributed by atoms with E-state index in [0.717, 1.165) is 5.56 Å². The molecule has 5 aromatic heterocycles. The molecule has 0 aliphatic heterocycles. The van der Waals surface area contributed by atoms with E-state index in [1.807, 2.05) is 12.1 Å². The summed E-state index contributed by atoms with van der Waals surface area (Å²) in [4.78, 5) is 25.6. The molecule has 36 heavy (non-hydrogen) atoms. The Bertz CT molecular complexity index is 1730. The van der Waals surface area contributed by atoms with Crippen LogP contribution in [0.1, 0.15) is 10.4 Å². The average molecular weight is 479 g/mol. The molecule has 0 saturated heterocycles. The van der Waals surface area contributed by atoms with Crippen molar-refractivity contribution < 1.29 is 9.18 Å². The lowest BCUT2D eigenvalue weighted by atomic mass is 10.1. The topological polar surface area (TPSA) is 114 Å². The van der Waals surface area contributed by atoms with Gasteiger partial charge in [-0.2, -0.15) is 5.10 Å². The third kappa shape index (κ3) is 3.78. The summed E-state index contributed by atoms with van der Waals surface area (Å²) in [6.45, 7) is 0. The number of carbonyl (C=O) groups is 1. The molecule has 11 heteroatoms. The molecule has 0 radical (unpaired) electrons. The van der Waals surface area contributed by atoms with Gasteiger partial charge in [0.2, 0.25) is 0 Å². The number of nitrogens with zero attached hydrogens (tertiary/aromatic N) is 7. The standard InChI is InChI=1S/C25H18FN9O/c1-27-19-7-9-22-31-23(15-2-4-17(26)5-3-15)24(35(22)33-19)18-6-8-21-29-20(14-34(21)32-18)30-25(36)16-10-12-28-13-11-16/h2-14H,1H3,(H,27,33)(H,30,36). The van der Waals surface area contributed by atoms with E-state index in [1.165, 1.54) is 12.1 Å². The van der Waals surface area contributed by atoms with E-state index in [0.29, 0.717) is 45.6 Å². The van der Waals surface area contributed by atoms with E-state index >= 15 is 0 Å². The van der Waals surface area contributed by atoms with Crippen molar-refractivity contribution in [2.45, 2.75) is 0 Å². The minimum absolute atomic E-state index is 0.301. The number of imidazole rings is 2. The minimum atomic E-state index is -0.334. The molecule has 5 heterocycles. The molecule has 10 nitrogen and oxygen atoms in total. The molecule has 0 unspecified atom stereocenters. The van der Waals surface area contributed by atoms with Gasteiger partial charge in [0.1, 0.15) is 28.7 Å². The highest BCUT2D eigenvalue weighted by atomic mass is 19.1. The molecule has 6 rings (SSSR count). The lowest BCUT2D eigenvalue weighted by molar-refractivity contribution is 0.102. The average Bonchev–Trinajstić information content (AvgIpc) is 3.49. The molecular weight excluding hydrogens is 461 g/mol. The summed E-state index contributed by atoms with van der Waals surface area (Å²) >= 11 is 0. The number of halogens is 1. The predicted octanol–water partition coefficient (Wildman–Crippen LogP) is 3.93. The van der Waals surface area contributed by atoms with E-state index in [1.54, 1.807) is 71.1 Å². The normalized spacial score (nSPS) is 11.2. The van der Waals surface area contributed by atoms with Gasteiger partial charge in [-0.3, -0.25) is 9.78 Å². The van der Waals surface area contributed by atoms with Crippen molar-refractivity contribution in [2.24, 2.45) is 0 Å². The number of hydrogen-bond donors (Lipinski definition) is 2. The monoisotopic (exact) mass is 479 g/mol. The smallest absolute Gasteiger partial charge is 0.256 e. The van der Waals surface area contributed by atoms with Crippen LogP contribution in [0.15, 0.2) is 79.3 Å². The molecule has 6 aromatic rings. The van der Waals surface area contributed by atoms with Crippen molar-refractivity contribution in [3.8, 4) is 22.6 Å². The second kappa shape index (κ2) is 8.55. The van der Waals surface area contributed by atoms with Crippen LogP contribution in [0.5, 0.6) is 0 Å². The van der Waals surface area contributed by atoms with Gasteiger partial charge in [0.05, 0.1) is 6.20 Å². The number of carbonyl (C=O) groups excluding carboxylic acids is 1. The van der Waals surface area contributed by atoms with Crippen molar-refractivity contribution in [2.75, 3.05) is 17.7 Å². The van der Waals surface area contributed by atoms with E-state index in [9.17, 15) is 9.18 Å². The molecule has 0 bridgehead atoms. The molecule has 0 aliphatic rings. The Hall–Kier alpha value is -5.19. The SMILES string of the molecule is CNc1ccc2nc(-c3ccc(F)cc3)c(-c3ccc4nc(NC(=O)c5ccncc5)cn4n3)n2n1. The molecule has 0 fully saturated rings. The van der Waals surface area contributed by atoms with Gasteiger partial charge in [-0.15, -0.1) is 5.10 Å². The summed E-state index contributed by atoms with van der Waals surface area (Å²) in [7, 11) is 1.78. The summed E-state index contributed by atoms with van der Waals surface area (Å²) < 4.78 is 16.9. The third-order valence-electron chi connectivity index (χ3n) is 5.60. The van der Waals surface area contributed by atoms with Crippen LogP contribution in [0, 0.1) is 5.82 Å². The van der Waals surface area contributed by atoms with Gasteiger partial charge in [-0.05, 0) is 60.7 Å². The fraction of sp³-hybridized carbons (Fsp3) is 0.0400. The first-order valence-electron chi connectivity index (χ1n) is 11.0. The van der Waals surface area contributed by atoms with Gasteiger partial charge >= 0.3 is 0 Å². The van der Waals surface area contributed by atoms with E-state index in [4.69, 9.17) is 10.1 Å². The number of rotatable bonds is 5. The Morgan fingerprint density at radius 1 is 0.861 bits per heavy atom. The highest BCUT2D eigenvalue weighted by Crippen LogP contribution is 2.32. The summed E-state index contributed by atoms with van der Waals surface area (Å²) in [6.07, 6.45) is 4.73. The molecule has 0 atom stereocenters. The first kappa shape index (κ1) is 21.4. The number of benzene rings is 1. The van der Waals surface area contributed by atoms with Crippen molar-refractivity contribution >= 4 is 28.8 Å². The Morgan fingerprint density at radius 2 is 1.64 bits per heavy atom. The second-order valence-corrected chi connectivity index (χ2v) is 7.89. The summed E-state index contributed by atoms with van der Waals surface area (Å²) in [5.74, 6) is 0.370. The molecule has 0 saturated carbocycles. The number of fused-ring (bicyclic) bond motifs is 2. The van der Waals surface area contributed by atoms with Crippen molar-refractivity contribution in [3.05, 3.63) is 90.6 Å². The quantitative estimate of drug-likeness (QED) is 0.385. The lowest BCUT2D eigenvalue weighted by Gasteiger charge is -2.06. The largest absolute Gasteiger partial charge is 0.372 e. The highest BCUT2D eigenvalue weighted by molar-refractivity contribution is 6.03. The molecular formula is C25H18FN9O. The van der Waals surface area contributed by atoms with Crippen molar-refractivity contribution in [1.29, 1.82) is 0 Å². The van der Waals surface area contributed by atoms with Gasteiger partial charge in [-0.1, -0.05) is 0 Å². The summed E-state index contributed by atoms with van der Waals surface area (Å²) in [6, 6.07) is 16.6. The minimum Gasteiger partial charge on any atom is -0.372 e. The maximum atomic E-state index is 13.6. The zero-order valence-electron chi connectivity index (χ0n) is 18.9. The molecule has 0 aliphatic carbocycles. The van der Waals surface area contributed by atoms with Crippen LogP contribution in [0.4, 0.5) is 16.0 Å². The van der Waals surface area contributed by atoms with Crippen LogP contribution >= 0.6 is 0 Å². The molecule has 2 N–H and O–H groups in total. The van der Waals surface area contributed by atoms with E-state index in [2.05, 4.69) is 25.7 Å². The number of anilines is 2. The van der Waals surface area contributed by atoms with Crippen LogP contribution in [0.25, 0.3) is 33.9 Å². The summed E-state index contributed by atoms with van der Waals surface area (Å²) in [5.41, 5.74) is 4.16. The van der Waals surface area contributed by atoms with Gasteiger partial charge in [0.25, 0.3) is 5.91 Å². The maximum absolute atomic E-state index is 13.6. The van der Waals surface area contributed by atoms with Gasteiger partial charge in [0.15, 0.2) is 17.1 Å². The number of amides is 1. The fourth-order valence-electron chi connectivity index (χ4n) is 3.87. The van der Waals surface area contributed by atoms with Gasteiger partial charge in [-0.25, -0.2) is 23.4 Å².